The van der Waals surface area contributed by atoms with Gasteiger partial charge in [-0.3, -0.25) is 4.79 Å². The smallest absolute Gasteiger partial charge is 0.282 e. The average Bonchev–Trinajstić information content (AvgIpc) is 3.35. The first-order chi connectivity index (χ1) is 17.1. The maximum absolute atomic E-state index is 13.3. The third kappa shape index (κ3) is 5.07. The number of benzene rings is 3. The Morgan fingerprint density at radius 1 is 1.11 bits per heavy atom. The van der Waals surface area contributed by atoms with E-state index in [2.05, 4.69) is 28.0 Å². The fraction of sp³-hybridized carbons (Fsp3) is 0.222. The number of para-hydroxylation sites is 1. The molecule has 0 saturated carbocycles. The van der Waals surface area contributed by atoms with Crippen LogP contribution in [-0.4, -0.2) is 22.7 Å². The largest absolute Gasteiger partial charge is 0.488 e. The fourth-order valence-corrected chi connectivity index (χ4v) is 4.20. The number of unbranched alkanes of at least 4 members (excludes halogenated alkanes) is 1. The van der Waals surface area contributed by atoms with Crippen molar-refractivity contribution in [3.8, 4) is 17.2 Å². The van der Waals surface area contributed by atoms with Crippen molar-refractivity contribution in [2.75, 3.05) is 6.79 Å². The van der Waals surface area contributed by atoms with Gasteiger partial charge in [-0.05, 0) is 54.4 Å². The minimum atomic E-state index is -0.197. The first kappa shape index (κ1) is 23.1. The number of ether oxygens (including phenoxy) is 3. The van der Waals surface area contributed by atoms with Gasteiger partial charge in [0.2, 0.25) is 6.79 Å². The summed E-state index contributed by atoms with van der Waals surface area (Å²) in [7, 11) is 0. The van der Waals surface area contributed by atoms with Crippen LogP contribution in [0.3, 0.4) is 0 Å². The van der Waals surface area contributed by atoms with Crippen molar-refractivity contribution in [1.82, 2.24) is 9.66 Å². The molecule has 0 fully saturated rings. The Bertz CT molecular complexity index is 1470. The maximum Gasteiger partial charge on any atom is 0.282 e. The van der Waals surface area contributed by atoms with Gasteiger partial charge in [0.1, 0.15) is 18.2 Å². The molecule has 1 aliphatic rings. The van der Waals surface area contributed by atoms with Crippen LogP contribution >= 0.6 is 15.9 Å². The Hall–Kier alpha value is -3.65. The van der Waals surface area contributed by atoms with Crippen molar-refractivity contribution in [1.29, 1.82) is 0 Å². The molecule has 2 heterocycles. The molecular weight excluding hydrogens is 510 g/mol. The zero-order valence-corrected chi connectivity index (χ0v) is 20.8. The van der Waals surface area contributed by atoms with Crippen molar-refractivity contribution in [2.45, 2.75) is 32.8 Å². The number of aromatic nitrogens is 2. The number of aryl methyl sites for hydroxylation is 1. The molecular formula is C27H24BrN3O4. The molecule has 4 aromatic rings. The van der Waals surface area contributed by atoms with Crippen LogP contribution in [0.4, 0.5) is 0 Å². The lowest BCUT2D eigenvalue weighted by atomic mass is 10.2. The highest BCUT2D eigenvalue weighted by Gasteiger charge is 2.14. The van der Waals surface area contributed by atoms with Gasteiger partial charge in [-0.25, -0.2) is 4.98 Å². The van der Waals surface area contributed by atoms with Gasteiger partial charge in [-0.2, -0.15) is 9.78 Å². The predicted octanol–water partition coefficient (Wildman–Crippen LogP) is 5.69. The second-order valence-corrected chi connectivity index (χ2v) is 9.08. The molecule has 178 valence electrons. The van der Waals surface area contributed by atoms with E-state index in [0.29, 0.717) is 35.5 Å². The van der Waals surface area contributed by atoms with Crippen LogP contribution in [0, 0.1) is 0 Å². The molecule has 0 radical (unpaired) electrons. The van der Waals surface area contributed by atoms with Crippen LogP contribution in [-0.2, 0) is 13.0 Å². The molecule has 7 nitrogen and oxygen atoms in total. The van der Waals surface area contributed by atoms with E-state index < -0.39 is 0 Å². The third-order valence-electron chi connectivity index (χ3n) is 5.69. The topological polar surface area (TPSA) is 74.9 Å². The van der Waals surface area contributed by atoms with E-state index in [1.807, 2.05) is 54.6 Å². The molecule has 8 heteroatoms. The highest BCUT2D eigenvalue weighted by atomic mass is 79.9. The molecule has 35 heavy (non-hydrogen) atoms. The van der Waals surface area contributed by atoms with Crippen LogP contribution in [0.2, 0.25) is 0 Å². The Labute approximate surface area is 211 Å². The van der Waals surface area contributed by atoms with E-state index in [1.54, 1.807) is 12.3 Å². The quantitative estimate of drug-likeness (QED) is 0.272. The number of halogens is 1. The minimum Gasteiger partial charge on any atom is -0.488 e. The van der Waals surface area contributed by atoms with Crippen molar-refractivity contribution < 1.29 is 14.2 Å². The summed E-state index contributed by atoms with van der Waals surface area (Å²) < 4.78 is 19.1. The van der Waals surface area contributed by atoms with Crippen molar-refractivity contribution in [3.63, 3.8) is 0 Å². The number of hydrogen-bond donors (Lipinski definition) is 0. The van der Waals surface area contributed by atoms with Gasteiger partial charge in [0.15, 0.2) is 11.5 Å². The van der Waals surface area contributed by atoms with Crippen molar-refractivity contribution in [2.24, 2.45) is 5.10 Å². The number of hydrogen-bond acceptors (Lipinski definition) is 6. The Morgan fingerprint density at radius 3 is 2.86 bits per heavy atom. The molecule has 0 spiro atoms. The molecule has 1 aliphatic heterocycles. The summed E-state index contributed by atoms with van der Waals surface area (Å²) in [6.07, 6.45) is 4.22. The van der Waals surface area contributed by atoms with Gasteiger partial charge in [0.25, 0.3) is 5.56 Å². The van der Waals surface area contributed by atoms with Gasteiger partial charge < -0.3 is 14.2 Å². The Kier molecular flexibility index (Phi) is 6.81. The summed E-state index contributed by atoms with van der Waals surface area (Å²) in [5.41, 5.74) is 2.19. The van der Waals surface area contributed by atoms with Crippen molar-refractivity contribution >= 4 is 33.0 Å². The van der Waals surface area contributed by atoms with E-state index in [-0.39, 0.29) is 12.4 Å². The van der Waals surface area contributed by atoms with Crippen LogP contribution in [0.1, 0.15) is 36.7 Å². The van der Waals surface area contributed by atoms with Gasteiger partial charge in [-0.1, -0.05) is 47.5 Å². The maximum atomic E-state index is 13.3. The number of rotatable bonds is 8. The molecule has 0 unspecified atom stereocenters. The average molecular weight is 534 g/mol. The standard InChI is InChI=1S/C27H24BrN3O4/c1-2-3-8-26-30-22-11-10-20(28)14-21(22)27(32)31(26)29-15-19-6-4-5-7-23(19)33-16-18-9-12-24-25(13-18)35-17-34-24/h4-7,9-15H,2-3,8,16-17H2,1H3. The van der Waals surface area contributed by atoms with Crippen LogP contribution in [0.25, 0.3) is 10.9 Å². The summed E-state index contributed by atoms with van der Waals surface area (Å²) in [4.78, 5) is 18.0. The van der Waals surface area contributed by atoms with E-state index in [9.17, 15) is 4.79 Å². The van der Waals surface area contributed by atoms with E-state index in [4.69, 9.17) is 19.2 Å². The first-order valence-corrected chi connectivity index (χ1v) is 12.3. The van der Waals surface area contributed by atoms with Crippen LogP contribution in [0.15, 0.2) is 75.0 Å². The van der Waals surface area contributed by atoms with Crippen molar-refractivity contribution in [3.05, 3.63) is 92.4 Å². The van der Waals surface area contributed by atoms with Gasteiger partial charge in [0.05, 0.1) is 17.1 Å². The molecule has 0 bridgehead atoms. The zero-order valence-electron chi connectivity index (χ0n) is 19.2. The normalized spacial score (nSPS) is 12.5. The SMILES string of the molecule is CCCCc1nc2ccc(Br)cc2c(=O)n1N=Cc1ccccc1OCc1ccc2c(c1)OCO2. The molecule has 3 aromatic carbocycles. The van der Waals surface area contributed by atoms with E-state index >= 15 is 0 Å². The summed E-state index contributed by atoms with van der Waals surface area (Å²) in [5, 5.41) is 5.07. The zero-order chi connectivity index (χ0) is 24.2. The molecule has 5 rings (SSSR count). The van der Waals surface area contributed by atoms with Gasteiger partial charge in [-0.15, -0.1) is 0 Å². The lowest BCUT2D eigenvalue weighted by Crippen LogP contribution is -2.22. The summed E-state index contributed by atoms with van der Waals surface area (Å²) in [5.74, 6) is 2.76. The number of fused-ring (bicyclic) bond motifs is 2. The summed E-state index contributed by atoms with van der Waals surface area (Å²) in [6, 6.07) is 18.9. The second-order valence-electron chi connectivity index (χ2n) is 8.17. The molecule has 0 amide bonds. The Balaban J connectivity index is 1.44. The lowest BCUT2D eigenvalue weighted by molar-refractivity contribution is 0.174. The molecule has 0 saturated heterocycles. The second kappa shape index (κ2) is 10.3. The first-order valence-electron chi connectivity index (χ1n) is 11.5. The molecule has 0 atom stereocenters. The molecule has 0 aliphatic carbocycles. The van der Waals surface area contributed by atoms with Gasteiger partial charge >= 0.3 is 0 Å². The monoisotopic (exact) mass is 533 g/mol. The fourth-order valence-electron chi connectivity index (χ4n) is 3.84. The number of nitrogens with zero attached hydrogens (tertiary/aromatic N) is 3. The third-order valence-corrected chi connectivity index (χ3v) is 6.19. The lowest BCUT2D eigenvalue weighted by Gasteiger charge is -2.11. The highest BCUT2D eigenvalue weighted by Crippen LogP contribution is 2.33. The summed E-state index contributed by atoms with van der Waals surface area (Å²) in [6.45, 7) is 2.70. The Morgan fingerprint density at radius 2 is 1.97 bits per heavy atom. The van der Waals surface area contributed by atoms with Crippen LogP contribution < -0.4 is 19.8 Å². The van der Waals surface area contributed by atoms with E-state index in [0.717, 1.165) is 39.9 Å². The molecule has 0 N–H and O–H groups in total. The van der Waals surface area contributed by atoms with E-state index in [1.165, 1.54) is 4.68 Å². The minimum absolute atomic E-state index is 0.197. The summed E-state index contributed by atoms with van der Waals surface area (Å²) >= 11 is 3.44. The predicted molar refractivity (Wildman–Crippen MR) is 139 cm³/mol. The van der Waals surface area contributed by atoms with Gasteiger partial charge in [0, 0.05) is 16.5 Å². The van der Waals surface area contributed by atoms with Crippen LogP contribution in [0.5, 0.6) is 17.2 Å². The molecule has 1 aromatic heterocycles. The highest BCUT2D eigenvalue weighted by molar-refractivity contribution is 9.10.